The van der Waals surface area contributed by atoms with Crippen molar-refractivity contribution in [3.8, 4) is 0 Å². The van der Waals surface area contributed by atoms with Crippen molar-refractivity contribution in [1.82, 2.24) is 19.6 Å². The summed E-state index contributed by atoms with van der Waals surface area (Å²) in [7, 11) is 0. The molecular formula is C80H84N4O20Rh2. The minimum absolute atomic E-state index is 0. The quantitative estimate of drug-likeness (QED) is 0.0561. The van der Waals surface area contributed by atoms with E-state index in [2.05, 4.69) is 9.47 Å². The van der Waals surface area contributed by atoms with E-state index >= 15 is 0 Å². The van der Waals surface area contributed by atoms with Crippen LogP contribution in [0.3, 0.4) is 0 Å². The first-order chi connectivity index (χ1) is 48.5. The first-order valence-corrected chi connectivity index (χ1v) is 33.2. The minimum Gasteiger partial charge on any atom is -0.480 e. The molecule has 0 aromatic heterocycles. The number of esters is 2. The summed E-state index contributed by atoms with van der Waals surface area (Å²) < 4.78 is 8.81. The zero-order valence-electron chi connectivity index (χ0n) is 61.4. The summed E-state index contributed by atoms with van der Waals surface area (Å²) in [6.07, 6.45) is 0. The Morgan fingerprint density at radius 2 is 0.425 bits per heavy atom. The van der Waals surface area contributed by atoms with E-state index in [4.69, 9.17) is 0 Å². The standard InChI is InChI=1S/4C18H17NO4.2C4H8O2.2Rh/c4*1-18(2,3)14(17(22)23)19-15(20)11-8-4-6-10-7-5-9-12(13(10)11)16(19)21;2*1-3-6-4(2)5;;/h4*4-9,14H,1-3H3,(H,22,23);2*3H2,1-2H3;;. The molecule has 4 atom stereocenters. The summed E-state index contributed by atoms with van der Waals surface area (Å²) in [6, 6.07) is 36.7. The van der Waals surface area contributed by atoms with Gasteiger partial charge in [0, 0.05) is 119 Å². The number of carboxylic acids is 4. The van der Waals surface area contributed by atoms with Gasteiger partial charge in [0.1, 0.15) is 24.2 Å². The van der Waals surface area contributed by atoms with E-state index < -0.39 is 117 Å². The Morgan fingerprint density at radius 1 is 0.292 bits per heavy atom. The number of benzene rings is 8. The molecule has 106 heavy (non-hydrogen) atoms. The van der Waals surface area contributed by atoms with Crippen LogP contribution in [0.25, 0.3) is 43.1 Å². The van der Waals surface area contributed by atoms with Crippen molar-refractivity contribution in [3.63, 3.8) is 0 Å². The molecule has 0 saturated heterocycles. The number of amides is 8. The molecule has 12 rings (SSSR count). The normalized spacial score (nSPS) is 14.6. The summed E-state index contributed by atoms with van der Waals surface area (Å²) >= 11 is 0. The van der Waals surface area contributed by atoms with E-state index in [1.54, 1.807) is 194 Å². The maximum atomic E-state index is 12.8. The van der Waals surface area contributed by atoms with Crippen molar-refractivity contribution < 1.29 is 136 Å². The number of imide groups is 4. The second kappa shape index (κ2) is 34.1. The molecule has 4 aliphatic rings. The second-order valence-electron chi connectivity index (χ2n) is 29.0. The summed E-state index contributed by atoms with van der Waals surface area (Å²) in [5, 5.41) is 43.9. The molecule has 24 nitrogen and oxygen atoms in total. The van der Waals surface area contributed by atoms with Gasteiger partial charge in [-0.2, -0.15) is 0 Å². The fraction of sp³-hybridized carbons (Fsp3) is 0.325. The van der Waals surface area contributed by atoms with Crippen LogP contribution >= 0.6 is 0 Å². The second-order valence-corrected chi connectivity index (χ2v) is 29.0. The van der Waals surface area contributed by atoms with E-state index in [1.807, 2.05) is 48.5 Å². The van der Waals surface area contributed by atoms with E-state index in [0.29, 0.717) is 79.3 Å². The maximum absolute atomic E-state index is 12.8. The topological polar surface area (TPSA) is 351 Å². The third kappa shape index (κ3) is 17.9. The summed E-state index contributed by atoms with van der Waals surface area (Å²) in [5.74, 6) is -9.61. The number of ether oxygens (including phenoxy) is 2. The molecule has 4 N–H and O–H groups in total. The van der Waals surface area contributed by atoms with E-state index in [0.717, 1.165) is 41.1 Å². The molecule has 0 spiro atoms. The first-order valence-electron chi connectivity index (χ1n) is 33.2. The number of carbonyl (C=O) groups excluding carboxylic acids is 10. The van der Waals surface area contributed by atoms with Crippen LogP contribution < -0.4 is 0 Å². The molecule has 8 amide bonds. The number of carboxylic acid groups (broad SMARTS) is 4. The van der Waals surface area contributed by atoms with Crippen LogP contribution in [0, 0.1) is 21.7 Å². The van der Waals surface area contributed by atoms with Crippen LogP contribution in [-0.4, -0.2) is 160 Å². The average molecular weight is 1630 g/mol. The van der Waals surface area contributed by atoms with Crippen LogP contribution in [0.4, 0.5) is 0 Å². The largest absolute Gasteiger partial charge is 0.480 e. The molecule has 4 unspecified atom stereocenters. The Labute approximate surface area is 637 Å². The third-order valence-electron chi connectivity index (χ3n) is 17.2. The van der Waals surface area contributed by atoms with E-state index in [9.17, 15) is 87.5 Å². The van der Waals surface area contributed by atoms with E-state index in [1.165, 1.54) is 13.8 Å². The molecule has 0 bridgehead atoms. The number of hydrogen-bond donors (Lipinski definition) is 4. The molecule has 0 fully saturated rings. The van der Waals surface area contributed by atoms with Gasteiger partial charge in [0.05, 0.1) is 13.2 Å². The van der Waals surface area contributed by atoms with Gasteiger partial charge in [-0.3, -0.25) is 67.5 Å². The number of nitrogens with zero attached hydrogens (tertiary/aromatic N) is 4. The minimum atomic E-state index is -1.23. The monoisotopic (exact) mass is 1630 g/mol. The van der Waals surface area contributed by atoms with Gasteiger partial charge in [-0.1, -0.05) is 180 Å². The fourth-order valence-electron chi connectivity index (χ4n) is 13.0. The number of aliphatic carboxylic acids is 4. The number of rotatable bonds is 10. The van der Waals surface area contributed by atoms with Gasteiger partial charge in [0.25, 0.3) is 47.3 Å². The van der Waals surface area contributed by atoms with Gasteiger partial charge in [0.2, 0.25) is 0 Å². The van der Waals surface area contributed by atoms with Gasteiger partial charge in [0.15, 0.2) is 0 Å². The number of hydrogen-bond acceptors (Lipinski definition) is 16. The summed E-state index contributed by atoms with van der Waals surface area (Å²) in [4.78, 5) is 173. The smallest absolute Gasteiger partial charge is 0.327 e. The fourth-order valence-corrected chi connectivity index (χ4v) is 13.0. The average Bonchev–Trinajstić information content (AvgIpc) is 0.757. The molecule has 2 radical (unpaired) electrons. The SMILES string of the molecule is CC(C)(C)C(C(=O)O)N1C(=O)c2cccc3cccc(c23)C1=O.CC(C)(C)C(C(=O)O)N1C(=O)c2cccc3cccc(c23)C1=O.CC(C)(C)C(C(=O)O)N1C(=O)c2cccc3cccc(c23)C1=O.CC(C)(C)C(C(=O)O)N1C(=O)c2cccc3cccc(c23)C1=O.CCOC(C)=O.CCOC(C)=O.[Rh].[Rh]. The Balaban J connectivity index is 0.000000239. The molecule has 562 valence electrons. The van der Waals surface area contributed by atoms with Crippen LogP contribution in [0.5, 0.6) is 0 Å². The van der Waals surface area contributed by atoms with Gasteiger partial charge in [-0.15, -0.1) is 0 Å². The van der Waals surface area contributed by atoms with Gasteiger partial charge >= 0.3 is 35.8 Å². The van der Waals surface area contributed by atoms with Crippen LogP contribution in [-0.2, 0) is 77.2 Å². The molecule has 0 aliphatic carbocycles. The van der Waals surface area contributed by atoms with Crippen molar-refractivity contribution in [2.45, 2.75) is 135 Å². The summed E-state index contributed by atoms with van der Waals surface area (Å²) in [5.41, 5.74) is -0.172. The van der Waals surface area contributed by atoms with Crippen molar-refractivity contribution in [1.29, 1.82) is 0 Å². The van der Waals surface area contributed by atoms with Gasteiger partial charge in [-0.25, -0.2) is 19.2 Å². The molecule has 26 heteroatoms. The van der Waals surface area contributed by atoms with Gasteiger partial charge in [-0.05, 0) is 106 Å². The van der Waals surface area contributed by atoms with Crippen molar-refractivity contribution in [3.05, 3.63) is 190 Å². The Kier molecular flexibility index (Phi) is 27.7. The third-order valence-corrected chi connectivity index (χ3v) is 17.2. The zero-order chi connectivity index (χ0) is 77.7. The van der Waals surface area contributed by atoms with Crippen LogP contribution in [0.15, 0.2) is 146 Å². The zero-order valence-corrected chi connectivity index (χ0v) is 64.6. The predicted molar refractivity (Wildman–Crippen MR) is 386 cm³/mol. The van der Waals surface area contributed by atoms with Crippen molar-refractivity contribution in [2.75, 3.05) is 13.2 Å². The van der Waals surface area contributed by atoms with Crippen molar-refractivity contribution >= 4 is 126 Å². The molecular weight excluding hydrogens is 1540 g/mol. The molecule has 4 aliphatic heterocycles. The molecule has 4 heterocycles. The Morgan fingerprint density at radius 3 is 0.509 bits per heavy atom. The Bertz CT molecular complexity index is 4070. The summed E-state index contributed by atoms with van der Waals surface area (Å²) in [6.45, 7) is 27.7. The van der Waals surface area contributed by atoms with E-state index in [-0.39, 0.29) is 50.9 Å². The Hall–Kier alpha value is -10.6. The predicted octanol–water partition coefficient (Wildman–Crippen LogP) is 12.9. The van der Waals surface area contributed by atoms with Crippen LogP contribution in [0.1, 0.15) is 194 Å². The first kappa shape index (κ1) is 86.1. The van der Waals surface area contributed by atoms with Crippen LogP contribution in [0.2, 0.25) is 0 Å². The number of carbonyl (C=O) groups is 14. The maximum Gasteiger partial charge on any atom is 0.327 e. The molecule has 8 aromatic rings. The molecule has 8 aromatic carbocycles. The molecule has 0 saturated carbocycles. The van der Waals surface area contributed by atoms with Crippen molar-refractivity contribution in [2.24, 2.45) is 21.7 Å². The van der Waals surface area contributed by atoms with Gasteiger partial charge < -0.3 is 29.9 Å².